The fourth-order valence-electron chi connectivity index (χ4n) is 3.64. The number of alkyl halides is 1. The van der Waals surface area contributed by atoms with Crippen LogP contribution in [0.1, 0.15) is 38.5 Å². The van der Waals surface area contributed by atoms with Crippen molar-refractivity contribution in [1.82, 2.24) is 0 Å². The van der Waals surface area contributed by atoms with Crippen molar-refractivity contribution in [1.29, 1.82) is 0 Å². The molecule has 3 rings (SSSR count). The van der Waals surface area contributed by atoms with Gasteiger partial charge in [-0.15, -0.1) is 11.6 Å². The maximum atomic E-state index is 6.48. The van der Waals surface area contributed by atoms with E-state index in [1.54, 1.807) is 0 Å². The second kappa shape index (κ2) is 6.36. The summed E-state index contributed by atoms with van der Waals surface area (Å²) in [5, 5.41) is 0.322. The molecule has 2 nitrogen and oxygen atoms in total. The molecule has 0 radical (unpaired) electrons. The molecule has 2 fully saturated rings. The van der Waals surface area contributed by atoms with Crippen LogP contribution in [0.5, 0.6) is 5.75 Å². The van der Waals surface area contributed by atoms with Gasteiger partial charge in [-0.3, -0.25) is 0 Å². The highest BCUT2D eigenvalue weighted by atomic mass is 35.5. The van der Waals surface area contributed by atoms with Crippen molar-refractivity contribution in [2.24, 2.45) is 5.41 Å². The van der Waals surface area contributed by atoms with Crippen LogP contribution >= 0.6 is 11.6 Å². The largest absolute Gasteiger partial charge is 0.491 e. The Kier molecular flexibility index (Phi) is 4.52. The van der Waals surface area contributed by atoms with Gasteiger partial charge in [-0.2, -0.15) is 0 Å². The molecule has 2 atom stereocenters. The van der Waals surface area contributed by atoms with Gasteiger partial charge in [-0.05, 0) is 31.4 Å². The molecule has 0 N–H and O–H groups in total. The Morgan fingerprint density at radius 1 is 1.05 bits per heavy atom. The number of ether oxygens (including phenoxy) is 2. The Hall–Kier alpha value is -0.730. The molecule has 20 heavy (non-hydrogen) atoms. The summed E-state index contributed by atoms with van der Waals surface area (Å²) in [7, 11) is 0. The summed E-state index contributed by atoms with van der Waals surface area (Å²) in [4.78, 5) is 0. The van der Waals surface area contributed by atoms with E-state index >= 15 is 0 Å². The van der Waals surface area contributed by atoms with E-state index in [2.05, 4.69) is 0 Å². The van der Waals surface area contributed by atoms with Gasteiger partial charge in [0.15, 0.2) is 0 Å². The fraction of sp³-hybridized carbons (Fsp3) is 0.647. The molecule has 0 saturated heterocycles. The molecule has 2 aliphatic carbocycles. The van der Waals surface area contributed by atoms with Gasteiger partial charge in [0.05, 0.1) is 12.7 Å². The first-order chi connectivity index (χ1) is 9.81. The minimum absolute atomic E-state index is 0.270. The molecule has 1 spiro atoms. The first kappa shape index (κ1) is 14.2. The standard InChI is InChI=1S/C17H23ClO2/c18-15-13-16(17(15)9-5-2-6-10-17)20-12-11-19-14-7-3-1-4-8-14/h1,3-4,7-8,15-16H,2,5-6,9-13H2. The Balaban J connectivity index is 1.42. The number of para-hydroxylation sites is 1. The summed E-state index contributed by atoms with van der Waals surface area (Å²) in [6.07, 6.45) is 7.82. The topological polar surface area (TPSA) is 18.5 Å². The smallest absolute Gasteiger partial charge is 0.119 e. The highest BCUT2D eigenvalue weighted by Crippen LogP contribution is 2.55. The summed E-state index contributed by atoms with van der Waals surface area (Å²) in [5.41, 5.74) is 0.270. The molecule has 110 valence electrons. The molecule has 1 aromatic carbocycles. The summed E-state index contributed by atoms with van der Waals surface area (Å²) >= 11 is 6.48. The van der Waals surface area contributed by atoms with Gasteiger partial charge in [0.25, 0.3) is 0 Å². The van der Waals surface area contributed by atoms with E-state index in [4.69, 9.17) is 21.1 Å². The van der Waals surface area contributed by atoms with Gasteiger partial charge in [-0.25, -0.2) is 0 Å². The Morgan fingerprint density at radius 2 is 1.80 bits per heavy atom. The minimum Gasteiger partial charge on any atom is -0.491 e. The first-order valence-corrected chi connectivity index (χ1v) is 8.18. The number of benzene rings is 1. The van der Waals surface area contributed by atoms with Crippen LogP contribution in [0.2, 0.25) is 0 Å². The van der Waals surface area contributed by atoms with Crippen LogP contribution in [-0.4, -0.2) is 24.7 Å². The van der Waals surface area contributed by atoms with Gasteiger partial charge in [0.2, 0.25) is 0 Å². The molecule has 3 heteroatoms. The molecule has 0 amide bonds. The highest BCUT2D eigenvalue weighted by Gasteiger charge is 2.54. The third-order valence-electron chi connectivity index (χ3n) is 4.88. The molecule has 0 aliphatic heterocycles. The minimum atomic E-state index is 0.270. The maximum Gasteiger partial charge on any atom is 0.119 e. The quantitative estimate of drug-likeness (QED) is 0.591. The second-order valence-electron chi connectivity index (χ2n) is 6.02. The molecule has 1 aromatic rings. The van der Waals surface area contributed by atoms with Crippen LogP contribution in [0, 0.1) is 5.41 Å². The van der Waals surface area contributed by atoms with Gasteiger partial charge in [0.1, 0.15) is 12.4 Å². The van der Waals surface area contributed by atoms with Gasteiger partial charge in [0, 0.05) is 10.8 Å². The van der Waals surface area contributed by atoms with E-state index < -0.39 is 0 Å². The van der Waals surface area contributed by atoms with Crippen LogP contribution in [0.4, 0.5) is 0 Å². The lowest BCUT2D eigenvalue weighted by molar-refractivity contribution is -0.128. The van der Waals surface area contributed by atoms with Crippen molar-refractivity contribution in [3.05, 3.63) is 30.3 Å². The van der Waals surface area contributed by atoms with Crippen molar-refractivity contribution < 1.29 is 9.47 Å². The predicted molar refractivity (Wildman–Crippen MR) is 81.5 cm³/mol. The number of hydrogen-bond acceptors (Lipinski definition) is 2. The number of rotatable bonds is 5. The lowest BCUT2D eigenvalue weighted by atomic mass is 9.58. The number of halogens is 1. The zero-order chi connectivity index (χ0) is 13.8. The Labute approximate surface area is 126 Å². The molecule has 2 aliphatic rings. The van der Waals surface area contributed by atoms with Crippen LogP contribution in [0.3, 0.4) is 0 Å². The maximum absolute atomic E-state index is 6.48. The lowest BCUT2D eigenvalue weighted by Crippen LogP contribution is -2.56. The van der Waals surface area contributed by atoms with E-state index in [-0.39, 0.29) is 5.41 Å². The zero-order valence-electron chi connectivity index (χ0n) is 11.9. The molecule has 0 aromatic heterocycles. The van der Waals surface area contributed by atoms with E-state index in [1.165, 1.54) is 32.1 Å². The average molecular weight is 295 g/mol. The van der Waals surface area contributed by atoms with Crippen LogP contribution < -0.4 is 4.74 Å². The molecular formula is C17H23ClO2. The van der Waals surface area contributed by atoms with E-state index in [0.717, 1.165) is 12.2 Å². The highest BCUT2D eigenvalue weighted by molar-refractivity contribution is 6.21. The Morgan fingerprint density at radius 3 is 2.50 bits per heavy atom. The average Bonchev–Trinajstić information content (AvgIpc) is 2.52. The summed E-state index contributed by atoms with van der Waals surface area (Å²) in [5.74, 6) is 0.910. The van der Waals surface area contributed by atoms with Gasteiger partial charge in [-0.1, -0.05) is 37.5 Å². The van der Waals surface area contributed by atoms with Gasteiger partial charge >= 0.3 is 0 Å². The number of hydrogen-bond donors (Lipinski definition) is 0. The third-order valence-corrected chi connectivity index (χ3v) is 5.50. The molecule has 2 saturated carbocycles. The lowest BCUT2D eigenvalue weighted by Gasteiger charge is -2.55. The second-order valence-corrected chi connectivity index (χ2v) is 6.54. The zero-order valence-corrected chi connectivity index (χ0v) is 12.6. The van der Waals surface area contributed by atoms with Crippen molar-refractivity contribution in [2.75, 3.05) is 13.2 Å². The van der Waals surface area contributed by atoms with Crippen LogP contribution in [0.15, 0.2) is 30.3 Å². The third kappa shape index (κ3) is 2.82. The fourth-order valence-corrected chi connectivity index (χ4v) is 4.16. The van der Waals surface area contributed by atoms with Crippen LogP contribution in [0.25, 0.3) is 0 Å². The van der Waals surface area contributed by atoms with Crippen molar-refractivity contribution in [3.63, 3.8) is 0 Å². The normalized spacial score (nSPS) is 28.1. The summed E-state index contributed by atoms with van der Waals surface area (Å²) < 4.78 is 11.7. The Bertz CT molecular complexity index is 414. The molecule has 0 bridgehead atoms. The summed E-state index contributed by atoms with van der Waals surface area (Å²) in [6.45, 7) is 1.27. The molecular weight excluding hydrogens is 272 g/mol. The molecule has 0 heterocycles. The van der Waals surface area contributed by atoms with Crippen molar-refractivity contribution in [2.45, 2.75) is 50.0 Å². The summed E-state index contributed by atoms with van der Waals surface area (Å²) in [6, 6.07) is 9.90. The monoisotopic (exact) mass is 294 g/mol. The predicted octanol–water partition coefficient (Wildman–Crippen LogP) is 4.41. The van der Waals surface area contributed by atoms with Crippen LogP contribution in [-0.2, 0) is 4.74 Å². The molecule has 2 unspecified atom stereocenters. The van der Waals surface area contributed by atoms with E-state index in [1.807, 2.05) is 30.3 Å². The van der Waals surface area contributed by atoms with Crippen molar-refractivity contribution in [3.8, 4) is 5.75 Å². The van der Waals surface area contributed by atoms with E-state index in [0.29, 0.717) is 24.7 Å². The van der Waals surface area contributed by atoms with Crippen molar-refractivity contribution >= 4 is 11.6 Å². The van der Waals surface area contributed by atoms with E-state index in [9.17, 15) is 0 Å². The first-order valence-electron chi connectivity index (χ1n) is 7.75. The SMILES string of the molecule is ClC1CC(OCCOc2ccccc2)C12CCCCC2. The van der Waals surface area contributed by atoms with Gasteiger partial charge < -0.3 is 9.47 Å².